The molecule has 1 aromatic carbocycles. The second kappa shape index (κ2) is 6.89. The molecule has 20 heavy (non-hydrogen) atoms. The highest BCUT2D eigenvalue weighted by Crippen LogP contribution is 2.23. The van der Waals surface area contributed by atoms with E-state index in [0.29, 0.717) is 18.0 Å². The molecular formula is C14H23ClN2O2S. The molecule has 0 radical (unpaired) electrons. The summed E-state index contributed by atoms with van der Waals surface area (Å²) in [6.45, 7) is 5.03. The Kier molecular flexibility index (Phi) is 6.01. The predicted octanol–water partition coefficient (Wildman–Crippen LogP) is 2.03. The highest BCUT2D eigenvalue weighted by Gasteiger charge is 2.35. The van der Waals surface area contributed by atoms with Crippen molar-refractivity contribution in [2.45, 2.75) is 37.6 Å². The van der Waals surface area contributed by atoms with E-state index in [4.69, 9.17) is 5.73 Å². The van der Waals surface area contributed by atoms with Crippen LogP contribution in [0.4, 0.5) is 0 Å². The molecule has 2 atom stereocenters. The number of halogens is 1. The van der Waals surface area contributed by atoms with Gasteiger partial charge in [0.25, 0.3) is 0 Å². The SMILES string of the molecule is CCCc1ccc(S(=O)(=O)N2CC(C)C(N)C2)cc1.Cl. The van der Waals surface area contributed by atoms with E-state index in [1.807, 2.05) is 19.1 Å². The van der Waals surface area contributed by atoms with E-state index in [0.717, 1.165) is 12.8 Å². The maximum absolute atomic E-state index is 12.5. The fraction of sp³-hybridized carbons (Fsp3) is 0.571. The number of hydrogen-bond donors (Lipinski definition) is 1. The Morgan fingerprint density at radius 2 is 1.85 bits per heavy atom. The summed E-state index contributed by atoms with van der Waals surface area (Å²) in [4.78, 5) is 0.369. The molecule has 0 aromatic heterocycles. The smallest absolute Gasteiger partial charge is 0.243 e. The van der Waals surface area contributed by atoms with Gasteiger partial charge in [-0.3, -0.25) is 0 Å². The van der Waals surface area contributed by atoms with Gasteiger partial charge in [0, 0.05) is 19.1 Å². The minimum atomic E-state index is -3.38. The van der Waals surface area contributed by atoms with Crippen molar-refractivity contribution in [3.63, 3.8) is 0 Å². The molecule has 4 nitrogen and oxygen atoms in total. The summed E-state index contributed by atoms with van der Waals surface area (Å²) in [5.41, 5.74) is 7.07. The number of nitrogens with two attached hydrogens (primary N) is 1. The zero-order valence-electron chi connectivity index (χ0n) is 12.0. The highest BCUT2D eigenvalue weighted by molar-refractivity contribution is 7.89. The number of hydrogen-bond acceptors (Lipinski definition) is 3. The molecule has 1 heterocycles. The van der Waals surface area contributed by atoms with Gasteiger partial charge in [0.15, 0.2) is 0 Å². The monoisotopic (exact) mass is 318 g/mol. The van der Waals surface area contributed by atoms with Crippen molar-refractivity contribution in [1.29, 1.82) is 0 Å². The molecule has 1 aliphatic heterocycles. The van der Waals surface area contributed by atoms with Crippen LogP contribution in [0.25, 0.3) is 0 Å². The molecule has 0 amide bonds. The third-order valence-electron chi connectivity index (χ3n) is 3.74. The van der Waals surface area contributed by atoms with Crippen molar-refractivity contribution >= 4 is 22.4 Å². The van der Waals surface area contributed by atoms with Crippen LogP contribution in [0.1, 0.15) is 25.8 Å². The Morgan fingerprint density at radius 1 is 1.25 bits per heavy atom. The van der Waals surface area contributed by atoms with Gasteiger partial charge in [0.2, 0.25) is 10.0 Å². The van der Waals surface area contributed by atoms with Crippen LogP contribution >= 0.6 is 12.4 Å². The lowest BCUT2D eigenvalue weighted by atomic mass is 10.1. The Morgan fingerprint density at radius 3 is 2.30 bits per heavy atom. The second-order valence-electron chi connectivity index (χ2n) is 5.36. The molecular weight excluding hydrogens is 296 g/mol. The highest BCUT2D eigenvalue weighted by atomic mass is 35.5. The second-order valence-corrected chi connectivity index (χ2v) is 7.30. The van der Waals surface area contributed by atoms with Crippen molar-refractivity contribution in [3.05, 3.63) is 29.8 Å². The van der Waals surface area contributed by atoms with E-state index in [-0.39, 0.29) is 24.4 Å². The number of rotatable bonds is 4. The predicted molar refractivity (Wildman–Crippen MR) is 83.6 cm³/mol. The Labute approximate surface area is 127 Å². The summed E-state index contributed by atoms with van der Waals surface area (Å²) < 4.78 is 26.4. The van der Waals surface area contributed by atoms with Crippen molar-refractivity contribution < 1.29 is 8.42 Å². The van der Waals surface area contributed by atoms with Gasteiger partial charge in [0.1, 0.15) is 0 Å². The zero-order chi connectivity index (χ0) is 14.0. The quantitative estimate of drug-likeness (QED) is 0.924. The van der Waals surface area contributed by atoms with E-state index in [9.17, 15) is 8.42 Å². The van der Waals surface area contributed by atoms with Crippen molar-refractivity contribution in [3.8, 4) is 0 Å². The third kappa shape index (κ3) is 3.52. The van der Waals surface area contributed by atoms with E-state index < -0.39 is 10.0 Å². The van der Waals surface area contributed by atoms with Gasteiger partial charge >= 0.3 is 0 Å². The van der Waals surface area contributed by atoms with Gasteiger partial charge in [-0.25, -0.2) is 8.42 Å². The minimum absolute atomic E-state index is 0. The first-order chi connectivity index (χ1) is 8.95. The molecule has 6 heteroatoms. The lowest BCUT2D eigenvalue weighted by molar-refractivity contribution is 0.464. The summed E-state index contributed by atoms with van der Waals surface area (Å²) in [6.07, 6.45) is 2.04. The minimum Gasteiger partial charge on any atom is -0.326 e. The Balaban J connectivity index is 0.00000200. The molecule has 114 valence electrons. The van der Waals surface area contributed by atoms with E-state index in [1.54, 1.807) is 12.1 Å². The number of aryl methyl sites for hydroxylation is 1. The van der Waals surface area contributed by atoms with Gasteiger partial charge in [-0.2, -0.15) is 4.31 Å². The fourth-order valence-electron chi connectivity index (χ4n) is 2.41. The first-order valence-corrected chi connectivity index (χ1v) is 8.24. The first kappa shape index (κ1) is 17.4. The largest absolute Gasteiger partial charge is 0.326 e. The van der Waals surface area contributed by atoms with Crippen molar-refractivity contribution in [2.75, 3.05) is 13.1 Å². The summed E-state index contributed by atoms with van der Waals surface area (Å²) in [6, 6.07) is 7.14. The number of benzene rings is 1. The van der Waals surface area contributed by atoms with E-state index in [2.05, 4.69) is 6.92 Å². The Bertz CT molecular complexity index is 521. The molecule has 2 unspecified atom stereocenters. The van der Waals surface area contributed by atoms with Crippen LogP contribution in [0.5, 0.6) is 0 Å². The molecule has 1 aromatic rings. The molecule has 2 N–H and O–H groups in total. The zero-order valence-corrected chi connectivity index (χ0v) is 13.6. The molecule has 1 aliphatic rings. The first-order valence-electron chi connectivity index (χ1n) is 6.80. The third-order valence-corrected chi connectivity index (χ3v) is 5.58. The maximum Gasteiger partial charge on any atom is 0.243 e. The van der Waals surface area contributed by atoms with Crippen LogP contribution in [0.2, 0.25) is 0 Å². The number of nitrogens with zero attached hydrogens (tertiary/aromatic N) is 1. The van der Waals surface area contributed by atoms with Gasteiger partial charge < -0.3 is 5.73 Å². The summed E-state index contributed by atoms with van der Waals surface area (Å²) in [5.74, 6) is 0.217. The van der Waals surface area contributed by atoms with Crippen molar-refractivity contribution in [1.82, 2.24) is 4.31 Å². The summed E-state index contributed by atoms with van der Waals surface area (Å²) in [5, 5.41) is 0. The molecule has 2 rings (SSSR count). The summed E-state index contributed by atoms with van der Waals surface area (Å²) >= 11 is 0. The van der Waals surface area contributed by atoms with Crippen molar-refractivity contribution in [2.24, 2.45) is 11.7 Å². The van der Waals surface area contributed by atoms with Crippen LogP contribution in [0, 0.1) is 5.92 Å². The molecule has 1 saturated heterocycles. The van der Waals surface area contributed by atoms with E-state index >= 15 is 0 Å². The lowest BCUT2D eigenvalue weighted by Gasteiger charge is -2.16. The standard InChI is InChI=1S/C14H22N2O2S.ClH/c1-3-4-12-5-7-13(8-6-12)19(17,18)16-9-11(2)14(15)10-16;/h5-8,11,14H,3-4,9-10,15H2,1-2H3;1H. The summed E-state index contributed by atoms with van der Waals surface area (Å²) in [7, 11) is -3.38. The molecule has 0 aliphatic carbocycles. The molecule has 1 fully saturated rings. The van der Waals surface area contributed by atoms with Crippen LogP contribution in [-0.2, 0) is 16.4 Å². The molecule has 0 spiro atoms. The Hall–Kier alpha value is -0.620. The van der Waals surface area contributed by atoms with Gasteiger partial charge in [-0.05, 0) is 30.0 Å². The molecule has 0 saturated carbocycles. The normalized spacial score (nSPS) is 23.6. The van der Waals surface area contributed by atoms with Crippen LogP contribution in [0.3, 0.4) is 0 Å². The van der Waals surface area contributed by atoms with Gasteiger partial charge in [0.05, 0.1) is 4.90 Å². The van der Waals surface area contributed by atoms with E-state index in [1.165, 1.54) is 9.87 Å². The number of sulfonamides is 1. The topological polar surface area (TPSA) is 63.4 Å². The average Bonchev–Trinajstić information content (AvgIpc) is 2.71. The van der Waals surface area contributed by atoms with Gasteiger partial charge in [-0.15, -0.1) is 12.4 Å². The fourth-order valence-corrected chi connectivity index (χ4v) is 3.99. The maximum atomic E-state index is 12.5. The van der Waals surface area contributed by atoms with Crippen LogP contribution in [0.15, 0.2) is 29.2 Å². The lowest BCUT2D eigenvalue weighted by Crippen LogP contribution is -2.32. The average molecular weight is 319 g/mol. The molecule has 0 bridgehead atoms. The van der Waals surface area contributed by atoms with Crippen LogP contribution in [-0.4, -0.2) is 31.9 Å². The van der Waals surface area contributed by atoms with Gasteiger partial charge in [-0.1, -0.05) is 32.4 Å². The van der Waals surface area contributed by atoms with Crippen LogP contribution < -0.4 is 5.73 Å².